The highest BCUT2D eigenvalue weighted by Crippen LogP contribution is 2.33. The van der Waals surface area contributed by atoms with Crippen molar-refractivity contribution in [2.45, 2.75) is 32.3 Å². The minimum Gasteiger partial charge on any atom is -0.477 e. The van der Waals surface area contributed by atoms with Crippen molar-refractivity contribution in [3.63, 3.8) is 0 Å². The van der Waals surface area contributed by atoms with Crippen LogP contribution in [0.15, 0.2) is 42.5 Å². The number of benzene rings is 1. The van der Waals surface area contributed by atoms with Crippen molar-refractivity contribution in [1.29, 1.82) is 0 Å². The van der Waals surface area contributed by atoms with Crippen molar-refractivity contribution in [3.8, 4) is 5.75 Å². The molecule has 1 aromatic carbocycles. The molecule has 0 bridgehead atoms. The lowest BCUT2D eigenvalue weighted by Crippen LogP contribution is -2.48. The van der Waals surface area contributed by atoms with Crippen LogP contribution in [-0.4, -0.2) is 36.1 Å². The van der Waals surface area contributed by atoms with Crippen molar-refractivity contribution < 1.29 is 19.1 Å². The number of anilines is 2. The molecule has 0 saturated heterocycles. The molecule has 1 aliphatic rings. The maximum absolute atomic E-state index is 12.6. The predicted octanol–water partition coefficient (Wildman–Crippen LogP) is 2.34. The van der Waals surface area contributed by atoms with E-state index in [1.54, 1.807) is 12.1 Å². The van der Waals surface area contributed by atoms with Crippen LogP contribution in [0.5, 0.6) is 5.75 Å². The molecule has 1 unspecified atom stereocenters. The van der Waals surface area contributed by atoms with Crippen LogP contribution in [0.3, 0.4) is 0 Å². The summed E-state index contributed by atoms with van der Waals surface area (Å²) in [6, 6.07) is 13.2. The summed E-state index contributed by atoms with van der Waals surface area (Å²) in [5.41, 5.74) is 6.91. The zero-order chi connectivity index (χ0) is 19.2. The van der Waals surface area contributed by atoms with Crippen molar-refractivity contribution in [1.82, 2.24) is 4.98 Å². The first-order chi connectivity index (χ1) is 13.1. The highest BCUT2D eigenvalue weighted by molar-refractivity contribution is 6.02. The van der Waals surface area contributed by atoms with Crippen LogP contribution in [0.25, 0.3) is 0 Å². The van der Waals surface area contributed by atoms with Crippen LogP contribution < -0.4 is 15.4 Å². The Kier molecular flexibility index (Phi) is 5.90. The van der Waals surface area contributed by atoms with Gasteiger partial charge in [0.05, 0.1) is 6.61 Å². The highest BCUT2D eigenvalue weighted by Gasteiger charge is 2.36. The molecule has 0 saturated carbocycles. The molecule has 1 atom stereocenters. The number of rotatable bonds is 7. The number of hydrogen-bond donors (Lipinski definition) is 1. The number of carbonyl (C=O) groups excluding carboxylic acids is 2. The van der Waals surface area contributed by atoms with Gasteiger partial charge in [-0.2, -0.15) is 0 Å². The SMILES string of the molecule is CCC1Oc2ccc(N)nc2N(CC(=O)OCCCc2ccccc2)C1=O. The van der Waals surface area contributed by atoms with Crippen molar-refractivity contribution >= 4 is 23.5 Å². The molecule has 142 valence electrons. The molecule has 0 fully saturated rings. The first-order valence-corrected chi connectivity index (χ1v) is 9.02. The molecule has 0 radical (unpaired) electrons. The number of nitrogen functional groups attached to an aromatic ring is 1. The topological polar surface area (TPSA) is 94.8 Å². The summed E-state index contributed by atoms with van der Waals surface area (Å²) in [5, 5.41) is 0. The molecule has 0 aliphatic carbocycles. The maximum atomic E-state index is 12.6. The van der Waals surface area contributed by atoms with Crippen LogP contribution in [-0.2, 0) is 20.7 Å². The standard InChI is InChI=1S/C20H23N3O4/c1-2-15-20(25)23(19-16(27-15)10-11-17(21)22-19)13-18(24)26-12-6-9-14-7-4-3-5-8-14/h3-5,7-8,10-11,15H,2,6,9,12-13H2,1H3,(H2,21,22). The van der Waals surface area contributed by atoms with Gasteiger partial charge in [-0.1, -0.05) is 37.3 Å². The number of nitrogens with zero attached hydrogens (tertiary/aromatic N) is 2. The predicted molar refractivity (Wildman–Crippen MR) is 101 cm³/mol. The Morgan fingerprint density at radius 1 is 1.26 bits per heavy atom. The van der Waals surface area contributed by atoms with Crippen LogP contribution in [0.2, 0.25) is 0 Å². The van der Waals surface area contributed by atoms with Gasteiger partial charge in [0.15, 0.2) is 17.7 Å². The number of amides is 1. The number of pyridine rings is 1. The summed E-state index contributed by atoms with van der Waals surface area (Å²) in [7, 11) is 0. The van der Waals surface area contributed by atoms with Gasteiger partial charge in [0.25, 0.3) is 5.91 Å². The van der Waals surface area contributed by atoms with Crippen molar-refractivity contribution in [3.05, 3.63) is 48.0 Å². The van der Waals surface area contributed by atoms with Gasteiger partial charge in [-0.25, -0.2) is 4.98 Å². The molecule has 2 N–H and O–H groups in total. The van der Waals surface area contributed by atoms with Crippen LogP contribution in [0.1, 0.15) is 25.3 Å². The third kappa shape index (κ3) is 4.55. The second-order valence-electron chi connectivity index (χ2n) is 6.31. The Morgan fingerprint density at radius 3 is 2.78 bits per heavy atom. The zero-order valence-electron chi connectivity index (χ0n) is 15.3. The number of fused-ring (bicyclic) bond motifs is 1. The fourth-order valence-electron chi connectivity index (χ4n) is 2.91. The Balaban J connectivity index is 1.59. The summed E-state index contributed by atoms with van der Waals surface area (Å²) in [4.78, 5) is 30.3. The fraction of sp³-hybridized carbons (Fsp3) is 0.350. The highest BCUT2D eigenvalue weighted by atomic mass is 16.5. The first kappa shape index (κ1) is 18.7. The minimum atomic E-state index is -0.645. The lowest BCUT2D eigenvalue weighted by atomic mass is 10.1. The number of esters is 1. The molecule has 2 aromatic rings. The van der Waals surface area contributed by atoms with Crippen molar-refractivity contribution in [2.24, 2.45) is 0 Å². The van der Waals surface area contributed by atoms with E-state index in [2.05, 4.69) is 4.98 Å². The summed E-state index contributed by atoms with van der Waals surface area (Å²) in [5.74, 6) is 0.146. The Hall–Kier alpha value is -3.09. The number of aromatic nitrogens is 1. The van der Waals surface area contributed by atoms with Gasteiger partial charge < -0.3 is 15.2 Å². The Morgan fingerprint density at radius 2 is 2.04 bits per heavy atom. The summed E-state index contributed by atoms with van der Waals surface area (Å²) < 4.78 is 10.9. The molecule has 1 aliphatic heterocycles. The molecular formula is C20H23N3O4. The minimum absolute atomic E-state index is 0.215. The van der Waals surface area contributed by atoms with E-state index in [-0.39, 0.29) is 24.1 Å². The molecule has 2 heterocycles. The lowest BCUT2D eigenvalue weighted by molar-refractivity contribution is -0.143. The smallest absolute Gasteiger partial charge is 0.326 e. The second kappa shape index (κ2) is 8.53. The zero-order valence-corrected chi connectivity index (χ0v) is 15.3. The molecule has 7 nitrogen and oxygen atoms in total. The molecule has 7 heteroatoms. The van der Waals surface area contributed by atoms with Gasteiger partial charge in [-0.3, -0.25) is 14.5 Å². The molecule has 0 spiro atoms. The Labute approximate surface area is 158 Å². The average molecular weight is 369 g/mol. The normalized spacial score (nSPS) is 15.8. The van der Waals surface area contributed by atoms with Crippen LogP contribution >= 0.6 is 0 Å². The fourth-order valence-corrected chi connectivity index (χ4v) is 2.91. The molecule has 1 aromatic heterocycles. The third-order valence-corrected chi connectivity index (χ3v) is 4.30. The number of hydrogen-bond acceptors (Lipinski definition) is 6. The molecule has 3 rings (SSSR count). The summed E-state index contributed by atoms with van der Waals surface area (Å²) in [6.07, 6.45) is 1.38. The van der Waals surface area contributed by atoms with E-state index in [1.807, 2.05) is 37.3 Å². The number of carbonyl (C=O) groups is 2. The van der Waals surface area contributed by atoms with Crippen LogP contribution in [0.4, 0.5) is 11.6 Å². The van der Waals surface area contributed by atoms with Crippen molar-refractivity contribution in [2.75, 3.05) is 23.8 Å². The van der Waals surface area contributed by atoms with Crippen LogP contribution in [0, 0.1) is 0 Å². The lowest BCUT2D eigenvalue weighted by Gasteiger charge is -2.32. The Bertz CT molecular complexity index is 810. The van der Waals surface area contributed by atoms with Gasteiger partial charge in [-0.15, -0.1) is 0 Å². The van der Waals surface area contributed by atoms with E-state index in [9.17, 15) is 9.59 Å². The largest absolute Gasteiger partial charge is 0.477 e. The number of aryl methyl sites for hydroxylation is 1. The molecule has 27 heavy (non-hydrogen) atoms. The van der Waals surface area contributed by atoms with Gasteiger partial charge in [-0.05, 0) is 37.0 Å². The van der Waals surface area contributed by atoms with Gasteiger partial charge in [0, 0.05) is 0 Å². The van der Waals surface area contributed by atoms with Gasteiger partial charge in [0.2, 0.25) is 0 Å². The summed E-state index contributed by atoms with van der Waals surface area (Å²) >= 11 is 0. The average Bonchev–Trinajstić information content (AvgIpc) is 2.68. The second-order valence-corrected chi connectivity index (χ2v) is 6.31. The quantitative estimate of drug-likeness (QED) is 0.595. The van der Waals surface area contributed by atoms with Gasteiger partial charge in [0.1, 0.15) is 12.4 Å². The van der Waals surface area contributed by atoms with E-state index in [1.165, 1.54) is 10.5 Å². The molecule has 1 amide bonds. The van der Waals surface area contributed by atoms with E-state index in [0.717, 1.165) is 6.42 Å². The molecular weight excluding hydrogens is 346 g/mol. The van der Waals surface area contributed by atoms with E-state index < -0.39 is 12.1 Å². The maximum Gasteiger partial charge on any atom is 0.326 e. The number of nitrogens with two attached hydrogens (primary N) is 1. The van der Waals surface area contributed by atoms with Gasteiger partial charge >= 0.3 is 5.97 Å². The van der Waals surface area contributed by atoms with E-state index in [4.69, 9.17) is 15.2 Å². The first-order valence-electron chi connectivity index (χ1n) is 9.02. The third-order valence-electron chi connectivity index (χ3n) is 4.30. The van der Waals surface area contributed by atoms with E-state index in [0.29, 0.717) is 25.2 Å². The van der Waals surface area contributed by atoms with E-state index >= 15 is 0 Å². The summed E-state index contributed by atoms with van der Waals surface area (Å²) in [6.45, 7) is 1.92. The monoisotopic (exact) mass is 369 g/mol. The number of ether oxygens (including phenoxy) is 2.